The topological polar surface area (TPSA) is 87.1 Å². The van der Waals surface area contributed by atoms with Gasteiger partial charge in [-0.25, -0.2) is 4.79 Å². The summed E-state index contributed by atoms with van der Waals surface area (Å²) in [6.45, 7) is 5.96. The van der Waals surface area contributed by atoms with E-state index in [1.54, 1.807) is 20.8 Å². The first-order valence-corrected chi connectivity index (χ1v) is 7.06. The maximum Gasteiger partial charge on any atom is 0.410 e. The van der Waals surface area contributed by atoms with E-state index in [1.165, 1.54) is 4.90 Å². The van der Waals surface area contributed by atoms with Crippen LogP contribution in [0.5, 0.6) is 0 Å². The molecule has 0 radical (unpaired) electrons. The Kier molecular flexibility index (Phi) is 3.95. The average molecular weight is 285 g/mol. The van der Waals surface area contributed by atoms with Gasteiger partial charge in [0.15, 0.2) is 0 Å². The third kappa shape index (κ3) is 3.23. The van der Waals surface area contributed by atoms with Gasteiger partial charge in [-0.2, -0.15) is 0 Å². The number of carboxylic acids is 1. The van der Waals surface area contributed by atoms with Crippen LogP contribution >= 0.6 is 0 Å². The standard InChI is InChI=1S/C14H23NO5/c1-14(2,3)20-13(19)15-6-10(8-4-9(16)5-8)11(7-15)12(17)18/h8-11,16H,4-7H2,1-3H3,(H,17,18)/t8?,9?,10-,11+/m0/s1. The van der Waals surface area contributed by atoms with Crippen molar-refractivity contribution in [3.8, 4) is 0 Å². The lowest BCUT2D eigenvalue weighted by Gasteiger charge is -2.37. The number of carboxylic acid groups (broad SMARTS) is 1. The van der Waals surface area contributed by atoms with Crippen LogP contribution in [-0.4, -0.2) is 52.0 Å². The fourth-order valence-electron chi connectivity index (χ4n) is 3.02. The number of hydrogen-bond acceptors (Lipinski definition) is 4. The number of likely N-dealkylation sites (tertiary alicyclic amines) is 1. The molecule has 6 heteroatoms. The molecule has 2 N–H and O–H groups in total. The monoisotopic (exact) mass is 285 g/mol. The number of carbonyl (C=O) groups is 2. The van der Waals surface area contributed by atoms with Crippen molar-refractivity contribution in [1.29, 1.82) is 0 Å². The van der Waals surface area contributed by atoms with E-state index in [9.17, 15) is 19.8 Å². The zero-order chi connectivity index (χ0) is 15.1. The van der Waals surface area contributed by atoms with Gasteiger partial charge in [0.1, 0.15) is 5.60 Å². The molecular weight excluding hydrogens is 262 g/mol. The highest BCUT2D eigenvalue weighted by Crippen LogP contribution is 2.41. The molecule has 0 spiro atoms. The molecule has 114 valence electrons. The maximum atomic E-state index is 12.0. The molecule has 0 bridgehead atoms. The second-order valence-electron chi connectivity index (χ2n) is 6.88. The van der Waals surface area contributed by atoms with E-state index in [0.717, 1.165) is 0 Å². The fourth-order valence-corrected chi connectivity index (χ4v) is 3.02. The molecule has 1 heterocycles. The zero-order valence-electron chi connectivity index (χ0n) is 12.2. The minimum absolute atomic E-state index is 0.0802. The first kappa shape index (κ1) is 15.1. The van der Waals surface area contributed by atoms with Gasteiger partial charge in [-0.3, -0.25) is 4.79 Å². The van der Waals surface area contributed by atoms with E-state index in [2.05, 4.69) is 0 Å². The molecule has 1 saturated heterocycles. The van der Waals surface area contributed by atoms with Gasteiger partial charge in [-0.15, -0.1) is 0 Å². The van der Waals surface area contributed by atoms with Crippen LogP contribution in [-0.2, 0) is 9.53 Å². The molecule has 1 amide bonds. The van der Waals surface area contributed by atoms with Crippen molar-refractivity contribution in [2.24, 2.45) is 17.8 Å². The van der Waals surface area contributed by atoms with Crippen LogP contribution in [0.4, 0.5) is 4.79 Å². The van der Waals surface area contributed by atoms with Crippen molar-refractivity contribution in [1.82, 2.24) is 4.90 Å². The summed E-state index contributed by atoms with van der Waals surface area (Å²) in [6.07, 6.45) is 0.504. The second kappa shape index (κ2) is 5.24. The van der Waals surface area contributed by atoms with Crippen molar-refractivity contribution < 1.29 is 24.5 Å². The fraction of sp³-hybridized carbons (Fsp3) is 0.857. The van der Waals surface area contributed by atoms with Gasteiger partial charge in [-0.05, 0) is 45.4 Å². The summed E-state index contributed by atoms with van der Waals surface area (Å²) >= 11 is 0. The first-order valence-electron chi connectivity index (χ1n) is 7.06. The highest BCUT2D eigenvalue weighted by molar-refractivity contribution is 5.74. The number of aliphatic hydroxyl groups is 1. The van der Waals surface area contributed by atoms with Crippen LogP contribution in [0.1, 0.15) is 33.6 Å². The molecule has 6 nitrogen and oxygen atoms in total. The Bertz CT molecular complexity index is 397. The molecule has 2 aliphatic rings. The molecule has 1 aliphatic heterocycles. The summed E-state index contributed by atoms with van der Waals surface area (Å²) in [5.74, 6) is -1.32. The Balaban J connectivity index is 2.00. The lowest BCUT2D eigenvalue weighted by atomic mass is 9.70. The zero-order valence-corrected chi connectivity index (χ0v) is 12.2. The van der Waals surface area contributed by atoms with Crippen LogP contribution in [0.3, 0.4) is 0 Å². The Labute approximate surface area is 118 Å². The number of ether oxygens (including phenoxy) is 1. The Morgan fingerprint density at radius 1 is 1.20 bits per heavy atom. The van der Waals surface area contributed by atoms with Crippen LogP contribution in [0.15, 0.2) is 0 Å². The van der Waals surface area contributed by atoms with Crippen LogP contribution in [0.25, 0.3) is 0 Å². The lowest BCUT2D eigenvalue weighted by Crippen LogP contribution is -2.39. The predicted molar refractivity (Wildman–Crippen MR) is 71.2 cm³/mol. The molecule has 0 unspecified atom stereocenters. The normalized spacial score (nSPS) is 33.7. The Morgan fingerprint density at radius 3 is 2.25 bits per heavy atom. The molecule has 2 fully saturated rings. The Hall–Kier alpha value is -1.30. The van der Waals surface area contributed by atoms with Crippen molar-refractivity contribution in [3.63, 3.8) is 0 Å². The van der Waals surface area contributed by atoms with Gasteiger partial charge in [0, 0.05) is 13.1 Å². The molecule has 1 saturated carbocycles. The van der Waals surface area contributed by atoms with Crippen LogP contribution in [0.2, 0.25) is 0 Å². The number of rotatable bonds is 2. The van der Waals surface area contributed by atoms with Gasteiger partial charge in [0.05, 0.1) is 12.0 Å². The number of carbonyl (C=O) groups excluding carboxylic acids is 1. The summed E-state index contributed by atoms with van der Waals surface area (Å²) in [6, 6.07) is 0. The van der Waals surface area contributed by atoms with Crippen LogP contribution in [0, 0.1) is 17.8 Å². The first-order chi connectivity index (χ1) is 9.17. The number of hydrogen-bond donors (Lipinski definition) is 2. The predicted octanol–water partition coefficient (Wildman–Crippen LogP) is 1.32. The summed E-state index contributed by atoms with van der Waals surface area (Å²) in [5, 5.41) is 18.7. The van der Waals surface area contributed by atoms with E-state index in [1.807, 2.05) is 0 Å². The molecular formula is C14H23NO5. The third-order valence-corrected chi connectivity index (χ3v) is 4.09. The van der Waals surface area contributed by atoms with Crippen molar-refractivity contribution in [3.05, 3.63) is 0 Å². The van der Waals surface area contributed by atoms with Gasteiger partial charge in [0.25, 0.3) is 0 Å². The SMILES string of the molecule is CC(C)(C)OC(=O)N1C[C@@H](C(=O)O)[C@H](C2CC(O)C2)C1. The smallest absolute Gasteiger partial charge is 0.410 e. The molecule has 2 rings (SSSR count). The van der Waals surface area contributed by atoms with Crippen LogP contribution < -0.4 is 0 Å². The number of nitrogens with zero attached hydrogens (tertiary/aromatic N) is 1. The van der Waals surface area contributed by atoms with Crippen molar-refractivity contribution in [2.75, 3.05) is 13.1 Å². The van der Waals surface area contributed by atoms with E-state index in [4.69, 9.17) is 4.74 Å². The molecule has 0 aromatic rings. The number of aliphatic carboxylic acids is 1. The van der Waals surface area contributed by atoms with E-state index in [-0.39, 0.29) is 24.5 Å². The summed E-state index contributed by atoms with van der Waals surface area (Å²) < 4.78 is 5.30. The van der Waals surface area contributed by atoms with E-state index >= 15 is 0 Å². The number of amides is 1. The van der Waals surface area contributed by atoms with Gasteiger partial charge in [0.2, 0.25) is 0 Å². The second-order valence-corrected chi connectivity index (χ2v) is 6.88. The molecule has 1 aliphatic carbocycles. The van der Waals surface area contributed by atoms with E-state index < -0.39 is 23.6 Å². The van der Waals surface area contributed by atoms with E-state index in [0.29, 0.717) is 19.4 Å². The minimum atomic E-state index is -0.873. The lowest BCUT2D eigenvalue weighted by molar-refractivity contribution is -0.144. The van der Waals surface area contributed by atoms with Crippen molar-refractivity contribution in [2.45, 2.75) is 45.3 Å². The highest BCUT2D eigenvalue weighted by atomic mass is 16.6. The summed E-state index contributed by atoms with van der Waals surface area (Å²) in [7, 11) is 0. The number of aliphatic hydroxyl groups excluding tert-OH is 1. The van der Waals surface area contributed by atoms with Crippen molar-refractivity contribution >= 4 is 12.1 Å². The largest absolute Gasteiger partial charge is 0.481 e. The average Bonchev–Trinajstić information content (AvgIpc) is 2.66. The minimum Gasteiger partial charge on any atom is -0.481 e. The third-order valence-electron chi connectivity index (χ3n) is 4.09. The van der Waals surface area contributed by atoms with Gasteiger partial charge < -0.3 is 19.8 Å². The van der Waals surface area contributed by atoms with Gasteiger partial charge >= 0.3 is 12.1 Å². The quantitative estimate of drug-likeness (QED) is 0.799. The summed E-state index contributed by atoms with van der Waals surface area (Å²) in [4.78, 5) is 24.9. The molecule has 0 aromatic carbocycles. The maximum absolute atomic E-state index is 12.0. The molecule has 2 atom stereocenters. The Morgan fingerprint density at radius 2 is 1.80 bits per heavy atom. The molecule has 20 heavy (non-hydrogen) atoms. The molecule has 0 aromatic heterocycles. The van der Waals surface area contributed by atoms with Gasteiger partial charge in [-0.1, -0.05) is 0 Å². The highest BCUT2D eigenvalue weighted by Gasteiger charge is 2.47. The summed E-state index contributed by atoms with van der Waals surface area (Å²) in [5.41, 5.74) is -0.583.